The number of carbonyl (C=O) groups is 1. The van der Waals surface area contributed by atoms with Gasteiger partial charge in [0.1, 0.15) is 0 Å². The van der Waals surface area contributed by atoms with Crippen LogP contribution in [0.1, 0.15) is 37.7 Å². The predicted molar refractivity (Wildman–Crippen MR) is 73.3 cm³/mol. The Morgan fingerprint density at radius 3 is 2.56 bits per heavy atom. The van der Waals surface area contributed by atoms with Crippen molar-refractivity contribution in [3.63, 3.8) is 0 Å². The van der Waals surface area contributed by atoms with E-state index < -0.39 is 0 Å². The first-order valence-corrected chi connectivity index (χ1v) is 6.83. The van der Waals surface area contributed by atoms with E-state index in [1.165, 1.54) is 0 Å². The monoisotopic (exact) mass is 246 g/mol. The van der Waals surface area contributed by atoms with Crippen molar-refractivity contribution in [3.8, 4) is 0 Å². The van der Waals surface area contributed by atoms with Gasteiger partial charge in [-0.05, 0) is 24.8 Å². The van der Waals surface area contributed by atoms with Crippen molar-refractivity contribution in [2.24, 2.45) is 5.73 Å². The van der Waals surface area contributed by atoms with E-state index in [9.17, 15) is 4.79 Å². The van der Waals surface area contributed by atoms with Gasteiger partial charge in [-0.1, -0.05) is 37.3 Å². The maximum atomic E-state index is 12.6. The molecule has 1 unspecified atom stereocenters. The predicted octanol–water partition coefficient (Wildman–Crippen LogP) is 2.13. The SMILES string of the molecule is CCC(C(=O)N(CCN)C1CC1)c1ccccc1. The molecule has 0 radical (unpaired) electrons. The Labute approximate surface area is 109 Å². The molecule has 1 aromatic carbocycles. The Morgan fingerprint density at radius 1 is 1.39 bits per heavy atom. The van der Waals surface area contributed by atoms with Crippen LogP contribution >= 0.6 is 0 Å². The molecule has 2 N–H and O–H groups in total. The molecule has 2 rings (SSSR count). The maximum absolute atomic E-state index is 12.6. The minimum absolute atomic E-state index is 0.0154. The Kier molecular flexibility index (Phi) is 4.37. The molecule has 0 heterocycles. The minimum atomic E-state index is -0.0154. The zero-order chi connectivity index (χ0) is 13.0. The fourth-order valence-corrected chi connectivity index (χ4v) is 2.44. The Morgan fingerprint density at radius 2 is 2.06 bits per heavy atom. The zero-order valence-corrected chi connectivity index (χ0v) is 11.0. The lowest BCUT2D eigenvalue weighted by atomic mass is 9.95. The molecule has 1 atom stereocenters. The molecule has 3 heteroatoms. The van der Waals surface area contributed by atoms with Gasteiger partial charge in [0.05, 0.1) is 5.92 Å². The van der Waals surface area contributed by atoms with Crippen molar-refractivity contribution in [2.75, 3.05) is 13.1 Å². The summed E-state index contributed by atoms with van der Waals surface area (Å²) in [5.41, 5.74) is 6.74. The van der Waals surface area contributed by atoms with Crippen LogP contribution in [0.25, 0.3) is 0 Å². The largest absolute Gasteiger partial charge is 0.338 e. The number of hydrogen-bond acceptors (Lipinski definition) is 2. The highest BCUT2D eigenvalue weighted by molar-refractivity contribution is 5.84. The van der Waals surface area contributed by atoms with E-state index in [1.54, 1.807) is 0 Å². The van der Waals surface area contributed by atoms with Gasteiger partial charge < -0.3 is 10.6 Å². The molecule has 0 spiro atoms. The zero-order valence-electron chi connectivity index (χ0n) is 11.0. The third-order valence-electron chi connectivity index (χ3n) is 3.55. The summed E-state index contributed by atoms with van der Waals surface area (Å²) >= 11 is 0. The van der Waals surface area contributed by atoms with Crippen LogP contribution in [0.5, 0.6) is 0 Å². The number of hydrogen-bond donors (Lipinski definition) is 1. The van der Waals surface area contributed by atoms with Crippen LogP contribution in [0.15, 0.2) is 30.3 Å². The van der Waals surface area contributed by atoms with E-state index in [1.807, 2.05) is 35.2 Å². The second-order valence-corrected chi connectivity index (χ2v) is 4.92. The molecule has 0 saturated heterocycles. The third-order valence-corrected chi connectivity index (χ3v) is 3.55. The van der Waals surface area contributed by atoms with Gasteiger partial charge in [0.15, 0.2) is 0 Å². The molecule has 0 aromatic heterocycles. The van der Waals surface area contributed by atoms with Gasteiger partial charge in [0.25, 0.3) is 0 Å². The molecular weight excluding hydrogens is 224 g/mol. The summed E-state index contributed by atoms with van der Waals surface area (Å²) in [6, 6.07) is 10.5. The first kappa shape index (κ1) is 13.1. The lowest BCUT2D eigenvalue weighted by Gasteiger charge is -2.26. The third kappa shape index (κ3) is 2.91. The second kappa shape index (κ2) is 6.01. The van der Waals surface area contributed by atoms with Crippen molar-refractivity contribution in [2.45, 2.75) is 38.1 Å². The summed E-state index contributed by atoms with van der Waals surface area (Å²) in [5, 5.41) is 0. The summed E-state index contributed by atoms with van der Waals surface area (Å²) in [4.78, 5) is 14.6. The molecule has 18 heavy (non-hydrogen) atoms. The number of carbonyl (C=O) groups excluding carboxylic acids is 1. The van der Waals surface area contributed by atoms with E-state index in [4.69, 9.17) is 5.73 Å². The molecular formula is C15H22N2O. The topological polar surface area (TPSA) is 46.3 Å². The van der Waals surface area contributed by atoms with Crippen LogP contribution in [-0.2, 0) is 4.79 Å². The van der Waals surface area contributed by atoms with E-state index in [0.717, 1.165) is 24.8 Å². The van der Waals surface area contributed by atoms with Crippen molar-refractivity contribution in [1.82, 2.24) is 4.90 Å². The van der Waals surface area contributed by atoms with E-state index in [-0.39, 0.29) is 11.8 Å². The molecule has 0 bridgehead atoms. The van der Waals surface area contributed by atoms with Crippen LogP contribution < -0.4 is 5.73 Å². The lowest BCUT2D eigenvalue weighted by Crippen LogP contribution is -2.40. The Balaban J connectivity index is 2.13. The summed E-state index contributed by atoms with van der Waals surface area (Å²) < 4.78 is 0. The Bertz CT molecular complexity index is 387. The molecule has 0 aliphatic heterocycles. The van der Waals surface area contributed by atoms with Gasteiger partial charge in [-0.3, -0.25) is 4.79 Å². The van der Waals surface area contributed by atoms with Crippen LogP contribution in [0.4, 0.5) is 0 Å². The van der Waals surface area contributed by atoms with E-state index in [0.29, 0.717) is 19.1 Å². The fraction of sp³-hybridized carbons (Fsp3) is 0.533. The number of nitrogens with zero attached hydrogens (tertiary/aromatic N) is 1. The van der Waals surface area contributed by atoms with Gasteiger partial charge in [-0.2, -0.15) is 0 Å². The van der Waals surface area contributed by atoms with Gasteiger partial charge in [-0.25, -0.2) is 0 Å². The first-order valence-electron chi connectivity index (χ1n) is 6.83. The van der Waals surface area contributed by atoms with Gasteiger partial charge in [-0.15, -0.1) is 0 Å². The molecule has 1 fully saturated rings. The van der Waals surface area contributed by atoms with Crippen molar-refractivity contribution < 1.29 is 4.79 Å². The minimum Gasteiger partial charge on any atom is -0.338 e. The van der Waals surface area contributed by atoms with Crippen LogP contribution in [0.3, 0.4) is 0 Å². The van der Waals surface area contributed by atoms with Crippen molar-refractivity contribution in [3.05, 3.63) is 35.9 Å². The number of amides is 1. The molecule has 1 amide bonds. The summed E-state index contributed by atoms with van der Waals surface area (Å²) in [5.74, 6) is 0.231. The van der Waals surface area contributed by atoms with Gasteiger partial charge >= 0.3 is 0 Å². The van der Waals surface area contributed by atoms with Crippen molar-refractivity contribution in [1.29, 1.82) is 0 Å². The smallest absolute Gasteiger partial charge is 0.230 e. The summed E-state index contributed by atoms with van der Waals surface area (Å²) in [6.07, 6.45) is 3.12. The average molecular weight is 246 g/mol. The van der Waals surface area contributed by atoms with Gasteiger partial charge in [0, 0.05) is 19.1 Å². The van der Waals surface area contributed by atoms with E-state index in [2.05, 4.69) is 6.92 Å². The van der Waals surface area contributed by atoms with Crippen LogP contribution in [0, 0.1) is 0 Å². The molecule has 1 saturated carbocycles. The Hall–Kier alpha value is -1.35. The molecule has 98 valence electrons. The molecule has 1 aliphatic rings. The maximum Gasteiger partial charge on any atom is 0.230 e. The normalized spacial score (nSPS) is 16.3. The average Bonchev–Trinajstić information content (AvgIpc) is 3.22. The van der Waals surface area contributed by atoms with Crippen molar-refractivity contribution >= 4 is 5.91 Å². The fourth-order valence-electron chi connectivity index (χ4n) is 2.44. The highest BCUT2D eigenvalue weighted by Gasteiger charge is 2.35. The molecule has 1 aliphatic carbocycles. The second-order valence-electron chi connectivity index (χ2n) is 4.92. The molecule has 3 nitrogen and oxygen atoms in total. The number of nitrogens with two attached hydrogens (primary N) is 1. The summed E-state index contributed by atoms with van der Waals surface area (Å²) in [7, 11) is 0. The number of benzene rings is 1. The highest BCUT2D eigenvalue weighted by atomic mass is 16.2. The lowest BCUT2D eigenvalue weighted by molar-refractivity contribution is -0.133. The first-order chi connectivity index (χ1) is 8.77. The summed E-state index contributed by atoms with van der Waals surface area (Å²) in [6.45, 7) is 3.31. The number of rotatable bonds is 6. The quantitative estimate of drug-likeness (QED) is 0.835. The van der Waals surface area contributed by atoms with E-state index >= 15 is 0 Å². The highest BCUT2D eigenvalue weighted by Crippen LogP contribution is 2.31. The van der Waals surface area contributed by atoms with Crippen LogP contribution in [-0.4, -0.2) is 29.9 Å². The van der Waals surface area contributed by atoms with Gasteiger partial charge in [0.2, 0.25) is 5.91 Å². The standard InChI is InChI=1S/C15H22N2O/c1-2-14(12-6-4-3-5-7-12)15(18)17(11-10-16)13-8-9-13/h3-7,13-14H,2,8-11,16H2,1H3. The van der Waals surface area contributed by atoms with Crippen LogP contribution in [0.2, 0.25) is 0 Å². The molecule has 1 aromatic rings.